The zero-order chi connectivity index (χ0) is 8.85. The lowest BCUT2D eigenvalue weighted by Gasteiger charge is -2.12. The summed E-state index contributed by atoms with van der Waals surface area (Å²) < 4.78 is 4.82. The second kappa shape index (κ2) is 4.96. The van der Waals surface area contributed by atoms with Crippen molar-refractivity contribution >= 4 is 6.09 Å². The van der Waals surface area contributed by atoms with Crippen molar-refractivity contribution in [3.63, 3.8) is 0 Å². The van der Waals surface area contributed by atoms with E-state index in [-0.39, 0.29) is 0 Å². The first-order valence-corrected chi connectivity index (χ1v) is 3.63. The van der Waals surface area contributed by atoms with E-state index < -0.39 is 6.09 Å². The maximum atomic E-state index is 10.8. The van der Waals surface area contributed by atoms with E-state index in [0.29, 0.717) is 12.5 Å². The third-order valence-corrected chi connectivity index (χ3v) is 0.863. The maximum Gasteiger partial charge on any atom is 0.421 e. The molecule has 0 spiro atoms. The average Bonchev–Trinajstić information content (AvgIpc) is 1.82. The van der Waals surface area contributed by atoms with Crippen LogP contribution >= 0.6 is 0 Å². The van der Waals surface area contributed by atoms with Gasteiger partial charge in [-0.05, 0) is 5.92 Å². The fourth-order valence-corrected chi connectivity index (χ4v) is 0.457. The molecule has 0 rings (SSSR count). The Morgan fingerprint density at radius 1 is 1.55 bits per heavy atom. The summed E-state index contributed by atoms with van der Waals surface area (Å²) in [7, 11) is 3.47. The molecule has 11 heavy (non-hydrogen) atoms. The Morgan fingerprint density at radius 2 is 2.09 bits per heavy atom. The van der Waals surface area contributed by atoms with Crippen LogP contribution in [0.25, 0.3) is 0 Å². The van der Waals surface area contributed by atoms with Crippen LogP contribution in [-0.2, 0) is 4.74 Å². The molecule has 0 heterocycles. The van der Waals surface area contributed by atoms with E-state index in [4.69, 9.17) is 4.74 Å². The van der Waals surface area contributed by atoms with Crippen molar-refractivity contribution in [3.8, 4) is 0 Å². The monoisotopic (exact) mass is 160 g/mol. The molecule has 4 nitrogen and oxygen atoms in total. The first-order chi connectivity index (χ1) is 5.02. The van der Waals surface area contributed by atoms with Crippen molar-refractivity contribution < 1.29 is 9.53 Å². The Bertz CT molecular complexity index is 124. The molecule has 0 radical (unpaired) electrons. The average molecular weight is 160 g/mol. The molecule has 0 bridgehead atoms. The van der Waals surface area contributed by atoms with Crippen molar-refractivity contribution in [3.05, 3.63) is 0 Å². The smallest absolute Gasteiger partial charge is 0.421 e. The summed E-state index contributed by atoms with van der Waals surface area (Å²) >= 11 is 0. The molecule has 0 aliphatic rings. The molecule has 1 N–H and O–H groups in total. The summed E-state index contributed by atoms with van der Waals surface area (Å²) in [5, 5.41) is 1.54. The van der Waals surface area contributed by atoms with Gasteiger partial charge in [-0.1, -0.05) is 13.8 Å². The number of hydrogen-bond donors (Lipinski definition) is 1. The van der Waals surface area contributed by atoms with E-state index in [1.807, 2.05) is 13.8 Å². The molecule has 1 amide bonds. The largest absolute Gasteiger partial charge is 0.448 e. The fraction of sp³-hybridized carbons (Fsp3) is 0.857. The number of ether oxygens (including phenoxy) is 1. The molecule has 0 aromatic heterocycles. The van der Waals surface area contributed by atoms with Gasteiger partial charge in [0.05, 0.1) is 6.61 Å². The van der Waals surface area contributed by atoms with Crippen LogP contribution in [0.1, 0.15) is 13.8 Å². The molecular formula is C7H16N2O2. The summed E-state index contributed by atoms with van der Waals surface area (Å²) in [5.74, 6) is 0.378. The summed E-state index contributed by atoms with van der Waals surface area (Å²) in [6.45, 7) is 4.44. The van der Waals surface area contributed by atoms with Crippen molar-refractivity contribution in [2.75, 3.05) is 20.7 Å². The molecule has 0 atom stereocenters. The molecule has 66 valence electrons. The lowest BCUT2D eigenvalue weighted by molar-refractivity contribution is 0.111. The van der Waals surface area contributed by atoms with E-state index in [1.54, 1.807) is 19.1 Å². The standard InChI is InChI=1S/C7H16N2O2/c1-6(2)5-11-7(10)8-9(3)4/h6H,5H2,1-4H3,(H,8,10). The second-order valence-corrected chi connectivity index (χ2v) is 3.00. The molecular weight excluding hydrogens is 144 g/mol. The van der Waals surface area contributed by atoms with E-state index in [9.17, 15) is 4.79 Å². The first kappa shape index (κ1) is 10.2. The van der Waals surface area contributed by atoms with Crippen molar-refractivity contribution in [2.45, 2.75) is 13.8 Å². The van der Waals surface area contributed by atoms with Gasteiger partial charge in [0.1, 0.15) is 0 Å². The van der Waals surface area contributed by atoms with Gasteiger partial charge in [0.15, 0.2) is 0 Å². The third kappa shape index (κ3) is 7.12. The Balaban J connectivity index is 3.38. The molecule has 0 aromatic carbocycles. The van der Waals surface area contributed by atoms with Crippen LogP contribution in [0.2, 0.25) is 0 Å². The quantitative estimate of drug-likeness (QED) is 0.622. The topological polar surface area (TPSA) is 41.6 Å². The van der Waals surface area contributed by atoms with Crippen LogP contribution in [0, 0.1) is 5.92 Å². The van der Waals surface area contributed by atoms with Gasteiger partial charge in [0, 0.05) is 14.1 Å². The van der Waals surface area contributed by atoms with Crippen molar-refractivity contribution in [1.82, 2.24) is 10.4 Å². The minimum Gasteiger partial charge on any atom is -0.448 e. The maximum absolute atomic E-state index is 10.8. The predicted molar refractivity (Wildman–Crippen MR) is 43.0 cm³/mol. The van der Waals surface area contributed by atoms with E-state index in [1.165, 1.54) is 0 Å². The van der Waals surface area contributed by atoms with E-state index in [0.717, 1.165) is 0 Å². The number of carbonyl (C=O) groups is 1. The lowest BCUT2D eigenvalue weighted by Crippen LogP contribution is -2.37. The Kier molecular flexibility index (Phi) is 4.61. The van der Waals surface area contributed by atoms with Gasteiger partial charge in [-0.15, -0.1) is 0 Å². The van der Waals surface area contributed by atoms with Gasteiger partial charge in [0.25, 0.3) is 0 Å². The van der Waals surface area contributed by atoms with Crippen LogP contribution in [0.5, 0.6) is 0 Å². The number of nitrogens with zero attached hydrogens (tertiary/aromatic N) is 1. The highest BCUT2D eigenvalue weighted by Gasteiger charge is 2.02. The molecule has 0 saturated heterocycles. The highest BCUT2D eigenvalue weighted by atomic mass is 16.6. The summed E-state index contributed by atoms with van der Waals surface area (Å²) in [4.78, 5) is 10.8. The normalized spacial score (nSPS) is 10.4. The second-order valence-electron chi connectivity index (χ2n) is 3.00. The minimum absolute atomic E-state index is 0.378. The zero-order valence-electron chi connectivity index (χ0n) is 7.55. The highest BCUT2D eigenvalue weighted by Crippen LogP contribution is 1.92. The number of amides is 1. The molecule has 0 aliphatic heterocycles. The highest BCUT2D eigenvalue weighted by molar-refractivity contribution is 5.66. The fourth-order valence-electron chi connectivity index (χ4n) is 0.457. The number of hydrazine groups is 1. The molecule has 0 unspecified atom stereocenters. The van der Waals surface area contributed by atoms with E-state index >= 15 is 0 Å². The molecule has 0 aromatic rings. The molecule has 0 saturated carbocycles. The van der Waals surface area contributed by atoms with Crippen molar-refractivity contribution in [2.24, 2.45) is 5.92 Å². The lowest BCUT2D eigenvalue weighted by atomic mass is 10.2. The SMILES string of the molecule is CC(C)COC(=O)NN(C)C. The van der Waals surface area contributed by atoms with Crippen LogP contribution in [0.4, 0.5) is 4.79 Å². The van der Waals surface area contributed by atoms with E-state index in [2.05, 4.69) is 5.43 Å². The Hall–Kier alpha value is -0.770. The molecule has 0 fully saturated rings. The van der Waals surface area contributed by atoms with Crippen LogP contribution in [0.3, 0.4) is 0 Å². The van der Waals surface area contributed by atoms with Crippen LogP contribution < -0.4 is 5.43 Å². The number of carbonyl (C=O) groups excluding carboxylic acids is 1. The van der Waals surface area contributed by atoms with Crippen molar-refractivity contribution in [1.29, 1.82) is 0 Å². The van der Waals surface area contributed by atoms with Gasteiger partial charge in [0.2, 0.25) is 0 Å². The van der Waals surface area contributed by atoms with Gasteiger partial charge in [-0.25, -0.2) is 9.80 Å². The predicted octanol–water partition coefficient (Wildman–Crippen LogP) is 0.845. The van der Waals surface area contributed by atoms with Gasteiger partial charge < -0.3 is 4.74 Å². The minimum atomic E-state index is -0.399. The van der Waals surface area contributed by atoms with Crippen LogP contribution in [0.15, 0.2) is 0 Å². The van der Waals surface area contributed by atoms with Gasteiger partial charge in [-0.2, -0.15) is 0 Å². The summed E-state index contributed by atoms with van der Waals surface area (Å²) in [6.07, 6.45) is -0.399. The summed E-state index contributed by atoms with van der Waals surface area (Å²) in [6, 6.07) is 0. The number of hydrogen-bond acceptors (Lipinski definition) is 3. The van der Waals surface area contributed by atoms with Gasteiger partial charge >= 0.3 is 6.09 Å². The summed E-state index contributed by atoms with van der Waals surface area (Å²) in [5.41, 5.74) is 2.47. The third-order valence-electron chi connectivity index (χ3n) is 0.863. The van der Waals surface area contributed by atoms with Crippen LogP contribution in [-0.4, -0.2) is 31.8 Å². The first-order valence-electron chi connectivity index (χ1n) is 3.63. The number of nitrogens with one attached hydrogen (secondary N) is 1. The molecule has 4 heteroatoms. The Morgan fingerprint density at radius 3 is 2.45 bits per heavy atom. The van der Waals surface area contributed by atoms with Gasteiger partial charge in [-0.3, -0.25) is 5.43 Å². The zero-order valence-corrected chi connectivity index (χ0v) is 7.55. The number of rotatable bonds is 3. The Labute approximate surface area is 67.5 Å². The molecule has 0 aliphatic carbocycles.